The standard InChI is InChI=1S/C19H22ClNO3S/c1-13(2)18(12-22)19(15-6-8-16(20)9-7-15)21-25(23,24)17-10-4-14(3)5-11-17/h4-13,18-19,21H,1-3H3/t18-,19+/m0/s1. The Morgan fingerprint density at radius 2 is 1.56 bits per heavy atom. The number of rotatable bonds is 7. The molecule has 1 N–H and O–H groups in total. The summed E-state index contributed by atoms with van der Waals surface area (Å²) in [7, 11) is -3.77. The molecule has 25 heavy (non-hydrogen) atoms. The van der Waals surface area contributed by atoms with Gasteiger partial charge < -0.3 is 4.79 Å². The Labute approximate surface area is 154 Å². The molecule has 134 valence electrons. The van der Waals surface area contributed by atoms with Crippen molar-refractivity contribution in [3.63, 3.8) is 0 Å². The molecule has 0 aliphatic carbocycles. The van der Waals surface area contributed by atoms with Gasteiger partial charge in [0.25, 0.3) is 0 Å². The second kappa shape index (κ2) is 8.13. The maximum Gasteiger partial charge on any atom is 0.241 e. The van der Waals surface area contributed by atoms with Crippen LogP contribution in [0.3, 0.4) is 0 Å². The van der Waals surface area contributed by atoms with E-state index in [0.717, 1.165) is 11.8 Å². The van der Waals surface area contributed by atoms with Crippen molar-refractivity contribution in [2.24, 2.45) is 11.8 Å². The molecule has 0 spiro atoms. The lowest BCUT2D eigenvalue weighted by Crippen LogP contribution is -2.36. The normalized spacial score (nSPS) is 14.3. The molecular weight excluding hydrogens is 358 g/mol. The topological polar surface area (TPSA) is 63.2 Å². The molecule has 2 aromatic rings. The van der Waals surface area contributed by atoms with Gasteiger partial charge in [-0.15, -0.1) is 0 Å². The van der Waals surface area contributed by atoms with Gasteiger partial charge in [0.2, 0.25) is 10.0 Å². The van der Waals surface area contributed by atoms with Gasteiger partial charge in [0.05, 0.1) is 10.9 Å². The Bertz CT molecular complexity index is 815. The van der Waals surface area contributed by atoms with Gasteiger partial charge in [0, 0.05) is 10.9 Å². The van der Waals surface area contributed by atoms with E-state index in [4.69, 9.17) is 11.6 Å². The van der Waals surface area contributed by atoms with Crippen molar-refractivity contribution in [1.29, 1.82) is 0 Å². The van der Waals surface area contributed by atoms with Crippen molar-refractivity contribution >= 4 is 27.9 Å². The smallest absolute Gasteiger partial charge is 0.241 e. The number of aldehydes is 1. The molecule has 0 aliphatic rings. The van der Waals surface area contributed by atoms with E-state index in [0.29, 0.717) is 10.6 Å². The van der Waals surface area contributed by atoms with Crippen molar-refractivity contribution in [2.75, 3.05) is 0 Å². The molecule has 6 heteroatoms. The number of aryl methyl sites for hydroxylation is 1. The number of benzene rings is 2. The molecular formula is C19H22ClNO3S. The molecule has 0 aromatic heterocycles. The highest BCUT2D eigenvalue weighted by molar-refractivity contribution is 7.89. The summed E-state index contributed by atoms with van der Waals surface area (Å²) in [6, 6.07) is 12.8. The molecule has 4 nitrogen and oxygen atoms in total. The molecule has 2 atom stereocenters. The third kappa shape index (κ3) is 4.91. The number of sulfonamides is 1. The zero-order valence-corrected chi connectivity index (χ0v) is 16.0. The predicted molar refractivity (Wildman–Crippen MR) is 100 cm³/mol. The highest BCUT2D eigenvalue weighted by Crippen LogP contribution is 2.29. The van der Waals surface area contributed by atoms with Gasteiger partial charge >= 0.3 is 0 Å². The fourth-order valence-electron chi connectivity index (χ4n) is 2.61. The van der Waals surface area contributed by atoms with Gasteiger partial charge in [-0.3, -0.25) is 0 Å². The highest BCUT2D eigenvalue weighted by atomic mass is 35.5. The minimum atomic E-state index is -3.77. The summed E-state index contributed by atoms with van der Waals surface area (Å²) in [5.74, 6) is -0.528. The lowest BCUT2D eigenvalue weighted by atomic mass is 9.86. The summed E-state index contributed by atoms with van der Waals surface area (Å²) >= 11 is 5.93. The van der Waals surface area contributed by atoms with Crippen LogP contribution in [0, 0.1) is 18.8 Å². The first-order valence-electron chi connectivity index (χ1n) is 8.04. The van der Waals surface area contributed by atoms with Crippen LogP contribution in [0.5, 0.6) is 0 Å². The van der Waals surface area contributed by atoms with Crippen molar-refractivity contribution in [2.45, 2.75) is 31.7 Å². The molecule has 0 saturated carbocycles. The number of carbonyl (C=O) groups is 1. The van der Waals surface area contributed by atoms with Crippen LogP contribution in [0.4, 0.5) is 0 Å². The third-order valence-corrected chi connectivity index (χ3v) is 5.86. The van der Waals surface area contributed by atoms with Gasteiger partial charge in [0.15, 0.2) is 0 Å². The largest absolute Gasteiger partial charge is 0.303 e. The van der Waals surface area contributed by atoms with Crippen LogP contribution in [-0.2, 0) is 14.8 Å². The van der Waals surface area contributed by atoms with E-state index in [9.17, 15) is 13.2 Å². The summed E-state index contributed by atoms with van der Waals surface area (Å²) in [5.41, 5.74) is 1.67. The first kappa shape index (κ1) is 19.6. The number of hydrogen-bond acceptors (Lipinski definition) is 3. The maximum absolute atomic E-state index is 12.8. The predicted octanol–water partition coefficient (Wildman–Crippen LogP) is 4.14. The van der Waals surface area contributed by atoms with Gasteiger partial charge in [-0.2, -0.15) is 0 Å². The lowest BCUT2D eigenvalue weighted by molar-refractivity contribution is -0.113. The molecule has 2 aromatic carbocycles. The first-order chi connectivity index (χ1) is 11.7. The fourth-order valence-corrected chi connectivity index (χ4v) is 4.00. The van der Waals surface area contributed by atoms with Crippen molar-refractivity contribution in [3.8, 4) is 0 Å². The molecule has 2 rings (SSSR count). The molecule has 0 bridgehead atoms. The molecule has 0 aliphatic heterocycles. The van der Waals surface area contributed by atoms with Crippen LogP contribution in [0.15, 0.2) is 53.4 Å². The second-order valence-corrected chi connectivity index (χ2v) is 8.57. The minimum Gasteiger partial charge on any atom is -0.303 e. The summed E-state index contributed by atoms with van der Waals surface area (Å²) in [6.45, 7) is 5.67. The average Bonchev–Trinajstić information content (AvgIpc) is 2.55. The fraction of sp³-hybridized carbons (Fsp3) is 0.316. The van der Waals surface area contributed by atoms with Gasteiger partial charge in [-0.1, -0.05) is 55.3 Å². The van der Waals surface area contributed by atoms with Crippen LogP contribution in [0.25, 0.3) is 0 Å². The van der Waals surface area contributed by atoms with E-state index in [1.54, 1.807) is 48.5 Å². The quantitative estimate of drug-likeness (QED) is 0.735. The van der Waals surface area contributed by atoms with Crippen molar-refractivity contribution in [1.82, 2.24) is 4.72 Å². The Balaban J connectivity index is 2.43. The van der Waals surface area contributed by atoms with Crippen LogP contribution < -0.4 is 4.72 Å². The van der Waals surface area contributed by atoms with Gasteiger partial charge in [-0.25, -0.2) is 13.1 Å². The van der Waals surface area contributed by atoms with Crippen molar-refractivity contribution in [3.05, 3.63) is 64.7 Å². The van der Waals surface area contributed by atoms with Crippen LogP contribution in [0.2, 0.25) is 5.02 Å². The molecule has 0 radical (unpaired) electrons. The number of nitrogens with one attached hydrogen (secondary N) is 1. The van der Waals surface area contributed by atoms with Crippen molar-refractivity contribution < 1.29 is 13.2 Å². The molecule has 0 amide bonds. The third-order valence-electron chi connectivity index (χ3n) is 4.15. The first-order valence-corrected chi connectivity index (χ1v) is 9.90. The van der Waals surface area contributed by atoms with E-state index in [2.05, 4.69) is 4.72 Å². The zero-order chi connectivity index (χ0) is 18.6. The molecule has 0 unspecified atom stereocenters. The van der Waals surface area contributed by atoms with E-state index in [1.165, 1.54) is 0 Å². The molecule has 0 fully saturated rings. The van der Waals surface area contributed by atoms with Crippen LogP contribution >= 0.6 is 11.6 Å². The van der Waals surface area contributed by atoms with E-state index in [1.807, 2.05) is 20.8 Å². The summed E-state index contributed by atoms with van der Waals surface area (Å²) in [4.78, 5) is 11.8. The van der Waals surface area contributed by atoms with Crippen LogP contribution in [0.1, 0.15) is 31.0 Å². The maximum atomic E-state index is 12.8. The number of carbonyl (C=O) groups excluding carboxylic acids is 1. The Morgan fingerprint density at radius 1 is 1.00 bits per heavy atom. The number of hydrogen-bond donors (Lipinski definition) is 1. The minimum absolute atomic E-state index is 0.0288. The SMILES string of the molecule is Cc1ccc(S(=O)(=O)N[C@H](c2ccc(Cl)cc2)[C@@H](C=O)C(C)C)cc1. The lowest BCUT2D eigenvalue weighted by Gasteiger charge is -2.27. The highest BCUT2D eigenvalue weighted by Gasteiger charge is 2.30. The molecule has 0 heterocycles. The average molecular weight is 380 g/mol. The number of halogens is 1. The Hall–Kier alpha value is -1.69. The monoisotopic (exact) mass is 379 g/mol. The Kier molecular flexibility index (Phi) is 6.38. The summed E-state index contributed by atoms with van der Waals surface area (Å²) in [5, 5.41) is 0.552. The van der Waals surface area contributed by atoms with E-state index in [-0.39, 0.29) is 10.8 Å². The zero-order valence-electron chi connectivity index (χ0n) is 14.4. The molecule has 0 saturated heterocycles. The summed E-state index contributed by atoms with van der Waals surface area (Å²) in [6.07, 6.45) is 0.807. The second-order valence-electron chi connectivity index (χ2n) is 6.42. The Morgan fingerprint density at radius 3 is 2.04 bits per heavy atom. The summed E-state index contributed by atoms with van der Waals surface area (Å²) < 4.78 is 28.3. The van der Waals surface area contributed by atoms with Gasteiger partial charge in [0.1, 0.15) is 6.29 Å². The van der Waals surface area contributed by atoms with Gasteiger partial charge in [-0.05, 0) is 42.7 Å². The van der Waals surface area contributed by atoms with E-state index < -0.39 is 22.0 Å². The van der Waals surface area contributed by atoms with E-state index >= 15 is 0 Å². The van der Waals surface area contributed by atoms with Crippen LogP contribution in [-0.4, -0.2) is 14.7 Å².